The quantitative estimate of drug-likeness (QED) is 0.768. The lowest BCUT2D eigenvalue weighted by Crippen LogP contribution is -2.37. The van der Waals surface area contributed by atoms with Gasteiger partial charge in [-0.05, 0) is 0 Å². The Hall–Kier alpha value is -1.50. The van der Waals surface area contributed by atoms with E-state index < -0.39 is 18.5 Å². The Bertz CT molecular complexity index is 395. The Morgan fingerprint density at radius 2 is 2.31 bits per heavy atom. The van der Waals surface area contributed by atoms with Crippen molar-refractivity contribution in [3.05, 3.63) is 22.7 Å². The van der Waals surface area contributed by atoms with Gasteiger partial charge in [-0.15, -0.1) is 0 Å². The van der Waals surface area contributed by atoms with Crippen LogP contribution in [0.3, 0.4) is 0 Å². The van der Waals surface area contributed by atoms with E-state index in [0.29, 0.717) is 0 Å². The molecule has 0 aliphatic rings. The minimum absolute atomic E-state index is 0.0450. The number of aromatic nitrogens is 2. The third kappa shape index (κ3) is 2.99. The molecule has 1 N–H and O–H groups in total. The molecule has 0 fully saturated rings. The van der Waals surface area contributed by atoms with E-state index in [9.17, 15) is 13.6 Å². The first-order valence-corrected chi connectivity index (χ1v) is 4.72. The van der Waals surface area contributed by atoms with Crippen molar-refractivity contribution in [2.24, 2.45) is 7.05 Å². The number of hydrogen-bond acceptors (Lipinski definition) is 4. The van der Waals surface area contributed by atoms with Crippen LogP contribution in [0.25, 0.3) is 0 Å². The Kier molecular flexibility index (Phi) is 4.36. The molecule has 0 bridgehead atoms. The summed E-state index contributed by atoms with van der Waals surface area (Å²) in [4.78, 5) is 16.4. The standard InChI is InChI=1S/C9H13F2N3O2/c1-13-3-2-12-8(9(13)16)14(4-5-15)6-7(10)11/h2-3,7,15H,4-6H2,1H3. The van der Waals surface area contributed by atoms with Crippen LogP contribution in [0.2, 0.25) is 0 Å². The van der Waals surface area contributed by atoms with Crippen molar-refractivity contribution in [3.63, 3.8) is 0 Å². The molecule has 0 aliphatic heterocycles. The smallest absolute Gasteiger partial charge is 0.293 e. The molecular weight excluding hydrogens is 220 g/mol. The number of nitrogens with zero attached hydrogens (tertiary/aromatic N) is 3. The van der Waals surface area contributed by atoms with Crippen LogP contribution in [0, 0.1) is 0 Å². The molecule has 1 aromatic heterocycles. The Labute approximate surface area is 91.0 Å². The molecule has 1 rings (SSSR count). The lowest BCUT2D eigenvalue weighted by atomic mass is 10.4. The second kappa shape index (κ2) is 5.55. The highest BCUT2D eigenvalue weighted by molar-refractivity contribution is 5.35. The third-order valence-corrected chi connectivity index (χ3v) is 2.03. The van der Waals surface area contributed by atoms with E-state index in [4.69, 9.17) is 5.11 Å². The number of rotatable bonds is 5. The SMILES string of the molecule is Cn1ccnc(N(CCO)CC(F)F)c1=O. The number of aliphatic hydroxyl groups is 1. The fraction of sp³-hybridized carbons (Fsp3) is 0.556. The van der Waals surface area contributed by atoms with Crippen LogP contribution < -0.4 is 10.5 Å². The Morgan fingerprint density at radius 1 is 1.62 bits per heavy atom. The highest BCUT2D eigenvalue weighted by Crippen LogP contribution is 2.06. The first-order chi connectivity index (χ1) is 7.56. The normalized spacial score (nSPS) is 10.8. The molecule has 0 unspecified atom stereocenters. The summed E-state index contributed by atoms with van der Waals surface area (Å²) in [6, 6.07) is 0. The summed E-state index contributed by atoms with van der Waals surface area (Å²) in [6.45, 7) is -0.976. The van der Waals surface area contributed by atoms with Crippen molar-refractivity contribution < 1.29 is 13.9 Å². The molecule has 0 radical (unpaired) electrons. The Balaban J connectivity index is 3.01. The molecule has 0 aromatic carbocycles. The Morgan fingerprint density at radius 3 is 2.88 bits per heavy atom. The maximum Gasteiger partial charge on any atom is 0.293 e. The van der Waals surface area contributed by atoms with E-state index in [2.05, 4.69) is 4.98 Å². The molecule has 0 aliphatic carbocycles. The average molecular weight is 233 g/mol. The summed E-state index contributed by atoms with van der Waals surface area (Å²) in [5.41, 5.74) is -0.461. The minimum Gasteiger partial charge on any atom is -0.395 e. The van der Waals surface area contributed by atoms with Crippen molar-refractivity contribution in [3.8, 4) is 0 Å². The fourth-order valence-electron chi connectivity index (χ4n) is 1.27. The summed E-state index contributed by atoms with van der Waals surface area (Å²) >= 11 is 0. The second-order valence-corrected chi connectivity index (χ2v) is 3.23. The van der Waals surface area contributed by atoms with Gasteiger partial charge < -0.3 is 14.6 Å². The average Bonchev–Trinajstić information content (AvgIpc) is 2.21. The van der Waals surface area contributed by atoms with Gasteiger partial charge in [0, 0.05) is 26.0 Å². The molecule has 0 saturated carbocycles. The van der Waals surface area contributed by atoms with Gasteiger partial charge in [0.2, 0.25) is 0 Å². The predicted molar refractivity (Wildman–Crippen MR) is 54.8 cm³/mol. The van der Waals surface area contributed by atoms with Gasteiger partial charge in [-0.25, -0.2) is 13.8 Å². The number of halogens is 2. The fourth-order valence-corrected chi connectivity index (χ4v) is 1.27. The zero-order valence-corrected chi connectivity index (χ0v) is 8.81. The van der Waals surface area contributed by atoms with Crippen molar-refractivity contribution in [2.75, 3.05) is 24.6 Å². The molecule has 5 nitrogen and oxygen atoms in total. The summed E-state index contributed by atoms with van der Waals surface area (Å²) in [7, 11) is 1.51. The topological polar surface area (TPSA) is 58.4 Å². The zero-order chi connectivity index (χ0) is 12.1. The van der Waals surface area contributed by atoms with Gasteiger partial charge in [-0.1, -0.05) is 0 Å². The molecule has 1 aromatic rings. The van der Waals surface area contributed by atoms with Crippen LogP contribution in [0.5, 0.6) is 0 Å². The minimum atomic E-state index is -2.58. The first-order valence-electron chi connectivity index (χ1n) is 4.72. The molecule has 0 amide bonds. The first kappa shape index (κ1) is 12.6. The van der Waals surface area contributed by atoms with E-state index in [0.717, 1.165) is 4.90 Å². The van der Waals surface area contributed by atoms with E-state index in [1.165, 1.54) is 24.0 Å². The summed E-state index contributed by atoms with van der Waals surface area (Å²) in [6.07, 6.45) is 0.205. The lowest BCUT2D eigenvalue weighted by Gasteiger charge is -2.21. The van der Waals surface area contributed by atoms with Crippen LogP contribution in [0.4, 0.5) is 14.6 Å². The van der Waals surface area contributed by atoms with Crippen LogP contribution in [0.1, 0.15) is 0 Å². The van der Waals surface area contributed by atoms with Gasteiger partial charge in [0.1, 0.15) is 0 Å². The number of aryl methyl sites for hydroxylation is 1. The van der Waals surface area contributed by atoms with Crippen LogP contribution in [0.15, 0.2) is 17.2 Å². The molecular formula is C9H13F2N3O2. The predicted octanol–water partition coefficient (Wildman–Crippen LogP) is -0.156. The van der Waals surface area contributed by atoms with E-state index in [-0.39, 0.29) is 19.0 Å². The van der Waals surface area contributed by atoms with E-state index >= 15 is 0 Å². The van der Waals surface area contributed by atoms with Gasteiger partial charge >= 0.3 is 0 Å². The molecule has 16 heavy (non-hydrogen) atoms. The van der Waals surface area contributed by atoms with Gasteiger partial charge in [-0.2, -0.15) is 0 Å². The van der Waals surface area contributed by atoms with Crippen molar-refractivity contribution in [1.29, 1.82) is 0 Å². The van der Waals surface area contributed by atoms with Crippen molar-refractivity contribution >= 4 is 5.82 Å². The van der Waals surface area contributed by atoms with E-state index in [1.807, 2.05) is 0 Å². The van der Waals surface area contributed by atoms with Gasteiger partial charge in [-0.3, -0.25) is 4.79 Å². The number of anilines is 1. The number of alkyl halides is 2. The molecule has 0 atom stereocenters. The van der Waals surface area contributed by atoms with Gasteiger partial charge in [0.25, 0.3) is 12.0 Å². The lowest BCUT2D eigenvalue weighted by molar-refractivity contribution is 0.152. The maximum absolute atomic E-state index is 12.3. The van der Waals surface area contributed by atoms with Crippen LogP contribution in [-0.4, -0.2) is 40.8 Å². The third-order valence-electron chi connectivity index (χ3n) is 2.03. The molecule has 0 spiro atoms. The number of aliphatic hydroxyl groups excluding tert-OH is 1. The molecule has 90 valence electrons. The van der Waals surface area contributed by atoms with Crippen molar-refractivity contribution in [1.82, 2.24) is 9.55 Å². The van der Waals surface area contributed by atoms with E-state index in [1.54, 1.807) is 0 Å². The molecule has 1 heterocycles. The summed E-state index contributed by atoms with van der Waals surface area (Å²) in [5, 5.41) is 8.75. The highest BCUT2D eigenvalue weighted by Gasteiger charge is 2.16. The van der Waals surface area contributed by atoms with Gasteiger partial charge in [0.15, 0.2) is 5.82 Å². The molecule has 7 heteroatoms. The van der Waals surface area contributed by atoms with Crippen LogP contribution >= 0.6 is 0 Å². The van der Waals surface area contributed by atoms with Crippen molar-refractivity contribution in [2.45, 2.75) is 6.43 Å². The second-order valence-electron chi connectivity index (χ2n) is 3.23. The number of hydrogen-bond donors (Lipinski definition) is 1. The molecule has 0 saturated heterocycles. The zero-order valence-electron chi connectivity index (χ0n) is 8.81. The monoisotopic (exact) mass is 233 g/mol. The summed E-state index contributed by atoms with van der Waals surface area (Å²) < 4.78 is 25.8. The van der Waals surface area contributed by atoms with Gasteiger partial charge in [0.05, 0.1) is 13.2 Å². The summed E-state index contributed by atoms with van der Waals surface area (Å²) in [5.74, 6) is -0.0700. The maximum atomic E-state index is 12.3. The largest absolute Gasteiger partial charge is 0.395 e. The van der Waals surface area contributed by atoms with Crippen LogP contribution in [-0.2, 0) is 7.05 Å². The highest BCUT2D eigenvalue weighted by atomic mass is 19.3.